The van der Waals surface area contributed by atoms with Gasteiger partial charge in [-0.3, -0.25) is 4.99 Å². The van der Waals surface area contributed by atoms with Crippen molar-refractivity contribution in [1.29, 1.82) is 0 Å². The number of nitrogens with zero attached hydrogens (tertiary/aromatic N) is 1. The van der Waals surface area contributed by atoms with Gasteiger partial charge in [0.2, 0.25) is 0 Å². The van der Waals surface area contributed by atoms with Crippen LogP contribution in [0.25, 0.3) is 0 Å². The normalized spacial score (nSPS) is 12.5. The van der Waals surface area contributed by atoms with Crippen molar-refractivity contribution >= 4 is 11.9 Å². The summed E-state index contributed by atoms with van der Waals surface area (Å²) < 4.78 is 5.67. The predicted octanol–water partition coefficient (Wildman–Crippen LogP) is 6.20. The molecule has 128 valence electrons. The summed E-state index contributed by atoms with van der Waals surface area (Å²) in [5, 5.41) is 0. The van der Waals surface area contributed by atoms with Crippen LogP contribution in [0.3, 0.4) is 0 Å². The van der Waals surface area contributed by atoms with Gasteiger partial charge in [-0.1, -0.05) is 45.7 Å². The number of benzene rings is 2. The fourth-order valence-corrected chi connectivity index (χ4v) is 2.40. The minimum atomic E-state index is 0.734. The van der Waals surface area contributed by atoms with Crippen LogP contribution >= 0.6 is 0 Å². The molecule has 2 aromatic rings. The molecule has 0 bridgehead atoms. The van der Waals surface area contributed by atoms with E-state index < -0.39 is 0 Å². The molecule has 0 aliphatic rings. The smallest absolute Gasteiger partial charge is 0.119 e. The van der Waals surface area contributed by atoms with Crippen LogP contribution in [0.4, 0.5) is 5.69 Å². The van der Waals surface area contributed by atoms with Crippen molar-refractivity contribution in [1.82, 2.24) is 0 Å². The molecule has 0 saturated heterocycles. The van der Waals surface area contributed by atoms with Crippen LogP contribution < -0.4 is 4.74 Å². The quantitative estimate of drug-likeness (QED) is 0.397. The van der Waals surface area contributed by atoms with Crippen molar-refractivity contribution in [2.45, 2.75) is 46.5 Å². The van der Waals surface area contributed by atoms with E-state index in [1.54, 1.807) is 0 Å². The fourth-order valence-electron chi connectivity index (χ4n) is 2.40. The van der Waals surface area contributed by atoms with E-state index in [9.17, 15) is 0 Å². The van der Waals surface area contributed by atoms with Crippen molar-refractivity contribution in [3.8, 4) is 5.75 Å². The van der Waals surface area contributed by atoms with Gasteiger partial charge in [-0.15, -0.1) is 0 Å². The Morgan fingerprint density at radius 1 is 1.00 bits per heavy atom. The topological polar surface area (TPSA) is 21.6 Å². The molecule has 0 N–H and O–H groups in total. The maximum atomic E-state index is 5.67. The first-order valence-corrected chi connectivity index (χ1v) is 9.07. The number of unbranched alkanes of at least 4 members (excludes halogenated alkanes) is 1. The first kappa shape index (κ1) is 18.3. The van der Waals surface area contributed by atoms with Gasteiger partial charge < -0.3 is 4.74 Å². The van der Waals surface area contributed by atoms with Crippen molar-refractivity contribution in [3.63, 3.8) is 0 Å². The molecule has 0 aromatic heterocycles. The van der Waals surface area contributed by atoms with Crippen molar-refractivity contribution < 1.29 is 4.74 Å². The van der Waals surface area contributed by atoms with Crippen molar-refractivity contribution in [2.24, 2.45) is 10.9 Å². The number of hydrogen-bond acceptors (Lipinski definition) is 2. The maximum Gasteiger partial charge on any atom is 0.119 e. The van der Waals surface area contributed by atoms with E-state index in [0.29, 0.717) is 0 Å². The highest BCUT2D eigenvalue weighted by atomic mass is 16.5. The van der Waals surface area contributed by atoms with Crippen LogP contribution in [0, 0.1) is 5.92 Å². The minimum Gasteiger partial charge on any atom is -0.494 e. The highest BCUT2D eigenvalue weighted by Gasteiger charge is 2.00. The van der Waals surface area contributed by atoms with Gasteiger partial charge in [-0.25, -0.2) is 0 Å². The Kier molecular flexibility index (Phi) is 7.54. The van der Waals surface area contributed by atoms with Gasteiger partial charge in [-0.2, -0.15) is 0 Å². The largest absolute Gasteiger partial charge is 0.494 e. The van der Waals surface area contributed by atoms with Crippen LogP contribution in [0.1, 0.15) is 51.2 Å². The molecule has 2 rings (SSSR count). The molecular weight excluding hydrogens is 294 g/mol. The van der Waals surface area contributed by atoms with Crippen LogP contribution in [-0.4, -0.2) is 12.8 Å². The summed E-state index contributed by atoms with van der Waals surface area (Å²) in [6.45, 7) is 7.48. The predicted molar refractivity (Wildman–Crippen MR) is 104 cm³/mol. The molecule has 0 saturated carbocycles. The van der Waals surface area contributed by atoms with E-state index in [0.717, 1.165) is 48.8 Å². The Hall–Kier alpha value is -2.09. The SMILES string of the molecule is CCCCOc1ccc(C=Nc2ccc(C[C@@H](C)CC)cc2)cc1. The minimum absolute atomic E-state index is 0.734. The Morgan fingerprint density at radius 2 is 1.71 bits per heavy atom. The number of hydrogen-bond donors (Lipinski definition) is 0. The van der Waals surface area contributed by atoms with Gasteiger partial charge in [0, 0.05) is 6.21 Å². The van der Waals surface area contributed by atoms with E-state index in [-0.39, 0.29) is 0 Å². The second kappa shape index (κ2) is 9.92. The van der Waals surface area contributed by atoms with E-state index in [1.807, 2.05) is 30.5 Å². The fraction of sp³-hybridized carbons (Fsp3) is 0.409. The standard InChI is InChI=1S/C22H29NO/c1-4-6-15-24-22-13-9-20(10-14-22)17-23-21-11-7-19(8-12-21)16-18(3)5-2/h7-14,17-18H,4-6,15-16H2,1-3H3/t18-/m0/s1. The zero-order valence-electron chi connectivity index (χ0n) is 15.2. The maximum absolute atomic E-state index is 5.67. The second-order valence-electron chi connectivity index (χ2n) is 6.41. The van der Waals surface area contributed by atoms with Gasteiger partial charge >= 0.3 is 0 Å². The molecule has 1 atom stereocenters. The lowest BCUT2D eigenvalue weighted by Crippen LogP contribution is -1.97. The zero-order valence-corrected chi connectivity index (χ0v) is 15.2. The Bertz CT molecular complexity index is 613. The Labute approximate surface area is 146 Å². The van der Waals surface area contributed by atoms with Crippen LogP contribution in [0.15, 0.2) is 53.5 Å². The third kappa shape index (κ3) is 6.19. The molecule has 2 heteroatoms. The molecule has 0 spiro atoms. The summed E-state index contributed by atoms with van der Waals surface area (Å²) in [7, 11) is 0. The summed E-state index contributed by atoms with van der Waals surface area (Å²) in [6.07, 6.45) is 6.51. The van der Waals surface area contributed by atoms with E-state index >= 15 is 0 Å². The first-order valence-electron chi connectivity index (χ1n) is 9.07. The summed E-state index contributed by atoms with van der Waals surface area (Å²) in [4.78, 5) is 4.56. The molecule has 0 amide bonds. The Balaban J connectivity index is 1.90. The molecule has 2 aromatic carbocycles. The first-order chi connectivity index (χ1) is 11.7. The van der Waals surface area contributed by atoms with E-state index in [2.05, 4.69) is 50.0 Å². The summed E-state index contributed by atoms with van der Waals surface area (Å²) in [6, 6.07) is 16.7. The lowest BCUT2D eigenvalue weighted by molar-refractivity contribution is 0.309. The molecule has 0 aliphatic heterocycles. The Morgan fingerprint density at radius 3 is 2.33 bits per heavy atom. The van der Waals surface area contributed by atoms with Crippen LogP contribution in [0.5, 0.6) is 5.75 Å². The summed E-state index contributed by atoms with van der Waals surface area (Å²) in [5.74, 6) is 1.66. The number of rotatable bonds is 9. The molecule has 0 unspecified atom stereocenters. The summed E-state index contributed by atoms with van der Waals surface area (Å²) >= 11 is 0. The third-order valence-electron chi connectivity index (χ3n) is 4.23. The van der Waals surface area contributed by atoms with E-state index in [4.69, 9.17) is 4.74 Å². The molecule has 2 nitrogen and oxygen atoms in total. The third-order valence-corrected chi connectivity index (χ3v) is 4.23. The number of aliphatic imine (C=N–C) groups is 1. The van der Waals surface area contributed by atoms with Gasteiger partial charge in [0.05, 0.1) is 12.3 Å². The zero-order chi connectivity index (χ0) is 17.2. The highest BCUT2D eigenvalue weighted by molar-refractivity contribution is 5.82. The van der Waals surface area contributed by atoms with Crippen molar-refractivity contribution in [2.75, 3.05) is 6.61 Å². The molecule has 0 heterocycles. The molecule has 0 fully saturated rings. The molecule has 0 radical (unpaired) electrons. The average molecular weight is 323 g/mol. The van der Waals surface area contributed by atoms with Gasteiger partial charge in [0.25, 0.3) is 0 Å². The lowest BCUT2D eigenvalue weighted by atomic mass is 9.99. The van der Waals surface area contributed by atoms with Gasteiger partial charge in [0.15, 0.2) is 0 Å². The van der Waals surface area contributed by atoms with Gasteiger partial charge in [0.1, 0.15) is 5.75 Å². The highest BCUT2D eigenvalue weighted by Crippen LogP contribution is 2.17. The van der Waals surface area contributed by atoms with Crippen LogP contribution in [0.2, 0.25) is 0 Å². The monoisotopic (exact) mass is 323 g/mol. The van der Waals surface area contributed by atoms with Crippen molar-refractivity contribution in [3.05, 3.63) is 59.7 Å². The summed E-state index contributed by atoms with van der Waals surface area (Å²) in [5.41, 5.74) is 3.46. The average Bonchev–Trinajstić information content (AvgIpc) is 2.62. The second-order valence-corrected chi connectivity index (χ2v) is 6.41. The molecule has 0 aliphatic carbocycles. The van der Waals surface area contributed by atoms with Gasteiger partial charge in [-0.05, 0) is 66.3 Å². The van der Waals surface area contributed by atoms with Crippen LogP contribution in [-0.2, 0) is 6.42 Å². The molecule has 24 heavy (non-hydrogen) atoms. The van der Waals surface area contributed by atoms with E-state index in [1.165, 1.54) is 12.0 Å². The lowest BCUT2D eigenvalue weighted by Gasteiger charge is -2.08. The molecular formula is C22H29NO. The number of ether oxygens (including phenoxy) is 1.